The first kappa shape index (κ1) is 19.0. The molecule has 0 spiro atoms. The Hall–Kier alpha value is -0.0900. The molecule has 1 N–H and O–H groups in total. The fourth-order valence-electron chi connectivity index (χ4n) is 2.84. The van der Waals surface area contributed by atoms with Gasteiger partial charge >= 0.3 is 0 Å². The zero-order valence-corrected chi connectivity index (χ0v) is 16.0. The van der Waals surface area contributed by atoms with Crippen molar-refractivity contribution in [3.05, 3.63) is 33.4 Å². The predicted molar refractivity (Wildman–Crippen MR) is 103 cm³/mol. The van der Waals surface area contributed by atoms with Crippen LogP contribution in [0.15, 0.2) is 24.3 Å². The highest BCUT2D eigenvalue weighted by molar-refractivity contribution is 14.1. The Morgan fingerprint density at radius 3 is 2.24 bits per heavy atom. The quantitative estimate of drug-likeness (QED) is 0.313. The van der Waals surface area contributed by atoms with E-state index in [0.717, 1.165) is 6.54 Å². The molecule has 1 aromatic carbocycles. The molecular formula is C19H32IN. The number of halogens is 1. The van der Waals surface area contributed by atoms with Crippen LogP contribution in [0.1, 0.15) is 83.2 Å². The molecule has 120 valence electrons. The highest BCUT2D eigenvalue weighted by atomic mass is 127. The molecule has 2 heteroatoms. The maximum absolute atomic E-state index is 3.64. The van der Waals surface area contributed by atoms with E-state index in [0.29, 0.717) is 6.04 Å². The molecule has 1 aromatic rings. The first-order valence-electron chi connectivity index (χ1n) is 8.76. The molecule has 0 amide bonds. The zero-order valence-electron chi connectivity index (χ0n) is 13.8. The van der Waals surface area contributed by atoms with Gasteiger partial charge in [0.1, 0.15) is 0 Å². The molecule has 0 aliphatic rings. The minimum atomic E-state index is 0.532. The molecule has 0 saturated carbocycles. The smallest absolute Gasteiger partial charge is 0.0320 e. The van der Waals surface area contributed by atoms with E-state index < -0.39 is 0 Å². The average molecular weight is 401 g/mol. The summed E-state index contributed by atoms with van der Waals surface area (Å²) in [5.41, 5.74) is 1.45. The second kappa shape index (κ2) is 12.5. The van der Waals surface area contributed by atoms with Gasteiger partial charge < -0.3 is 5.32 Å². The Morgan fingerprint density at radius 1 is 0.952 bits per heavy atom. The maximum atomic E-state index is 3.64. The van der Waals surface area contributed by atoms with Crippen molar-refractivity contribution in [3.8, 4) is 0 Å². The molecule has 0 aliphatic heterocycles. The topological polar surface area (TPSA) is 12.0 Å². The lowest BCUT2D eigenvalue weighted by atomic mass is 9.99. The third kappa shape index (κ3) is 8.82. The Balaban J connectivity index is 2.23. The van der Waals surface area contributed by atoms with Crippen LogP contribution in [0.5, 0.6) is 0 Å². The van der Waals surface area contributed by atoms with Crippen LogP contribution in [0.25, 0.3) is 0 Å². The van der Waals surface area contributed by atoms with E-state index in [1.54, 1.807) is 0 Å². The Labute approximate surface area is 145 Å². The summed E-state index contributed by atoms with van der Waals surface area (Å²) in [5, 5.41) is 3.64. The molecule has 1 atom stereocenters. The highest BCUT2D eigenvalue weighted by Gasteiger charge is 2.09. The number of nitrogens with one attached hydrogen (secondary N) is 1. The van der Waals surface area contributed by atoms with Crippen LogP contribution in [0.2, 0.25) is 0 Å². The monoisotopic (exact) mass is 401 g/mol. The largest absolute Gasteiger partial charge is 0.310 e. The van der Waals surface area contributed by atoms with Crippen LogP contribution in [0.4, 0.5) is 0 Å². The molecule has 21 heavy (non-hydrogen) atoms. The lowest BCUT2D eigenvalue weighted by Crippen LogP contribution is -2.20. The number of unbranched alkanes of at least 4 members (excludes halogenated alkanes) is 7. The fraction of sp³-hybridized carbons (Fsp3) is 0.684. The van der Waals surface area contributed by atoms with Crippen LogP contribution in [0, 0.1) is 3.57 Å². The second-order valence-electron chi connectivity index (χ2n) is 5.93. The molecule has 0 aromatic heterocycles. The molecule has 1 unspecified atom stereocenters. The van der Waals surface area contributed by atoms with Gasteiger partial charge in [-0.25, -0.2) is 0 Å². The molecule has 0 radical (unpaired) electrons. The van der Waals surface area contributed by atoms with Crippen molar-refractivity contribution in [1.29, 1.82) is 0 Å². The van der Waals surface area contributed by atoms with E-state index in [4.69, 9.17) is 0 Å². The summed E-state index contributed by atoms with van der Waals surface area (Å²) in [6.07, 6.45) is 12.5. The molecule has 0 saturated heterocycles. The van der Waals surface area contributed by atoms with Gasteiger partial charge in [0, 0.05) is 9.61 Å². The summed E-state index contributed by atoms with van der Waals surface area (Å²) in [5.74, 6) is 0. The van der Waals surface area contributed by atoms with Crippen LogP contribution in [0.3, 0.4) is 0 Å². The summed E-state index contributed by atoms with van der Waals surface area (Å²) in [6.45, 7) is 5.54. The van der Waals surface area contributed by atoms with E-state index in [1.807, 2.05) is 0 Å². The zero-order chi connectivity index (χ0) is 15.3. The average Bonchev–Trinajstić information content (AvgIpc) is 2.49. The van der Waals surface area contributed by atoms with Gasteiger partial charge in [0.05, 0.1) is 0 Å². The van der Waals surface area contributed by atoms with Gasteiger partial charge in [-0.05, 0) is 53.3 Å². The van der Waals surface area contributed by atoms with Crippen molar-refractivity contribution in [3.63, 3.8) is 0 Å². The Morgan fingerprint density at radius 2 is 1.62 bits per heavy atom. The second-order valence-corrected chi connectivity index (χ2v) is 7.17. The first-order valence-corrected chi connectivity index (χ1v) is 9.84. The van der Waals surface area contributed by atoms with Crippen molar-refractivity contribution < 1.29 is 0 Å². The number of benzene rings is 1. The van der Waals surface area contributed by atoms with Gasteiger partial charge in [0.15, 0.2) is 0 Å². The van der Waals surface area contributed by atoms with E-state index in [2.05, 4.69) is 66.0 Å². The van der Waals surface area contributed by atoms with E-state index in [9.17, 15) is 0 Å². The van der Waals surface area contributed by atoms with Crippen LogP contribution >= 0.6 is 22.6 Å². The van der Waals surface area contributed by atoms with E-state index >= 15 is 0 Å². The number of hydrogen-bond acceptors (Lipinski definition) is 1. The minimum absolute atomic E-state index is 0.532. The van der Waals surface area contributed by atoms with Crippen LogP contribution in [-0.4, -0.2) is 6.54 Å². The summed E-state index contributed by atoms with van der Waals surface area (Å²) in [4.78, 5) is 0. The first-order chi connectivity index (χ1) is 10.3. The normalized spacial score (nSPS) is 12.5. The van der Waals surface area contributed by atoms with Gasteiger partial charge in [0.2, 0.25) is 0 Å². The van der Waals surface area contributed by atoms with Crippen molar-refractivity contribution in [2.75, 3.05) is 6.54 Å². The van der Waals surface area contributed by atoms with Crippen LogP contribution in [-0.2, 0) is 0 Å². The highest BCUT2D eigenvalue weighted by Crippen LogP contribution is 2.22. The van der Waals surface area contributed by atoms with Gasteiger partial charge in [-0.15, -0.1) is 0 Å². The lowest BCUT2D eigenvalue weighted by molar-refractivity contribution is 0.475. The van der Waals surface area contributed by atoms with Gasteiger partial charge in [-0.1, -0.05) is 77.3 Å². The molecule has 1 rings (SSSR count). The number of rotatable bonds is 12. The summed E-state index contributed by atoms with van der Waals surface area (Å²) in [6, 6.07) is 9.46. The predicted octanol–water partition coefficient (Wildman–Crippen LogP) is 6.47. The Bertz CT molecular complexity index is 364. The standard InChI is InChI=1S/C19H32IN/c1-3-5-6-7-8-9-10-11-15-19(21-4-2)17-13-12-14-18(20)16-17/h12-14,16,19,21H,3-11,15H2,1-2H3. The molecule has 0 heterocycles. The van der Waals surface area contributed by atoms with Crippen molar-refractivity contribution in [2.45, 2.75) is 77.7 Å². The van der Waals surface area contributed by atoms with Crippen LogP contribution < -0.4 is 5.32 Å². The molecule has 0 bridgehead atoms. The molecule has 1 nitrogen and oxygen atoms in total. The summed E-state index contributed by atoms with van der Waals surface area (Å²) >= 11 is 2.41. The number of hydrogen-bond donors (Lipinski definition) is 1. The van der Waals surface area contributed by atoms with Crippen molar-refractivity contribution in [2.24, 2.45) is 0 Å². The van der Waals surface area contributed by atoms with Gasteiger partial charge in [0.25, 0.3) is 0 Å². The third-order valence-electron chi connectivity index (χ3n) is 4.05. The fourth-order valence-corrected chi connectivity index (χ4v) is 3.41. The summed E-state index contributed by atoms with van der Waals surface area (Å²) < 4.78 is 1.34. The third-order valence-corrected chi connectivity index (χ3v) is 4.72. The molecule has 0 fully saturated rings. The molecular weight excluding hydrogens is 369 g/mol. The summed E-state index contributed by atoms with van der Waals surface area (Å²) in [7, 11) is 0. The van der Waals surface area contributed by atoms with E-state index in [-0.39, 0.29) is 0 Å². The SMILES string of the molecule is CCCCCCCCCCC(NCC)c1cccc(I)c1. The van der Waals surface area contributed by atoms with Crippen molar-refractivity contribution in [1.82, 2.24) is 5.32 Å². The minimum Gasteiger partial charge on any atom is -0.310 e. The van der Waals surface area contributed by atoms with Gasteiger partial charge in [-0.3, -0.25) is 0 Å². The van der Waals surface area contributed by atoms with E-state index in [1.165, 1.54) is 66.9 Å². The van der Waals surface area contributed by atoms with Crippen molar-refractivity contribution >= 4 is 22.6 Å². The Kier molecular flexibility index (Phi) is 11.2. The lowest BCUT2D eigenvalue weighted by Gasteiger charge is -2.18. The van der Waals surface area contributed by atoms with Gasteiger partial charge in [-0.2, -0.15) is 0 Å². The molecule has 0 aliphatic carbocycles. The maximum Gasteiger partial charge on any atom is 0.0320 e.